The maximum Gasteiger partial charge on any atom is 0.239 e. The van der Waals surface area contributed by atoms with Crippen LogP contribution in [-0.4, -0.2) is 44.3 Å². The Kier molecular flexibility index (Phi) is 4.16. The first kappa shape index (κ1) is 13.1. The van der Waals surface area contributed by atoms with E-state index in [2.05, 4.69) is 25.9 Å². The molecule has 0 saturated heterocycles. The van der Waals surface area contributed by atoms with Crippen molar-refractivity contribution >= 4 is 5.91 Å². The smallest absolute Gasteiger partial charge is 0.239 e. The van der Waals surface area contributed by atoms with E-state index in [9.17, 15) is 4.79 Å². The van der Waals surface area contributed by atoms with Crippen LogP contribution in [0.3, 0.4) is 0 Å². The fourth-order valence-electron chi connectivity index (χ4n) is 1.51. The molecule has 5 N–H and O–H groups in total. The third-order valence-corrected chi connectivity index (χ3v) is 2.53. The number of nitrogens with zero attached hydrogens (tertiary/aromatic N) is 3. The number of H-pyrrole nitrogens is 1. The largest absolute Gasteiger partial charge is 0.394 e. The van der Waals surface area contributed by atoms with E-state index in [4.69, 9.17) is 10.8 Å². The maximum atomic E-state index is 11.4. The Hall–Kier alpha value is -2.32. The van der Waals surface area contributed by atoms with Crippen LogP contribution in [0.25, 0.3) is 11.4 Å². The van der Waals surface area contributed by atoms with Gasteiger partial charge in [-0.1, -0.05) is 18.2 Å². The molecule has 1 aromatic heterocycles. The van der Waals surface area contributed by atoms with Crippen molar-refractivity contribution in [2.75, 3.05) is 6.61 Å². The molecule has 0 saturated carbocycles. The summed E-state index contributed by atoms with van der Waals surface area (Å²) < 4.78 is 0. The third kappa shape index (κ3) is 3.33. The average Bonchev–Trinajstić information content (AvgIpc) is 2.98. The number of benzene rings is 1. The molecular formula is C11H14N6O2. The summed E-state index contributed by atoms with van der Waals surface area (Å²) in [6.07, 6.45) is 0. The van der Waals surface area contributed by atoms with Gasteiger partial charge in [0.1, 0.15) is 6.04 Å². The van der Waals surface area contributed by atoms with Crippen LogP contribution in [0.15, 0.2) is 24.3 Å². The minimum Gasteiger partial charge on any atom is -0.394 e. The van der Waals surface area contributed by atoms with Gasteiger partial charge in [-0.2, -0.15) is 5.21 Å². The number of rotatable bonds is 5. The molecule has 1 amide bonds. The number of hydrogen-bond donors (Lipinski definition) is 4. The molecule has 0 spiro atoms. The van der Waals surface area contributed by atoms with Gasteiger partial charge in [0.05, 0.1) is 6.61 Å². The molecule has 0 aliphatic rings. The van der Waals surface area contributed by atoms with Gasteiger partial charge < -0.3 is 16.2 Å². The number of aromatic amines is 1. The summed E-state index contributed by atoms with van der Waals surface area (Å²) in [5, 5.41) is 25.0. The highest BCUT2D eigenvalue weighted by atomic mass is 16.3. The van der Waals surface area contributed by atoms with Gasteiger partial charge in [-0.15, -0.1) is 10.2 Å². The van der Waals surface area contributed by atoms with Gasteiger partial charge >= 0.3 is 0 Å². The molecular weight excluding hydrogens is 248 g/mol. The van der Waals surface area contributed by atoms with Crippen LogP contribution < -0.4 is 11.1 Å². The van der Waals surface area contributed by atoms with E-state index >= 15 is 0 Å². The minimum atomic E-state index is -0.902. The monoisotopic (exact) mass is 262 g/mol. The molecule has 0 aliphatic heterocycles. The van der Waals surface area contributed by atoms with Gasteiger partial charge in [-0.05, 0) is 16.8 Å². The Morgan fingerprint density at radius 2 is 2.37 bits per heavy atom. The Labute approximate surface area is 109 Å². The molecule has 2 rings (SSSR count). The second kappa shape index (κ2) is 6.03. The zero-order valence-corrected chi connectivity index (χ0v) is 10.1. The minimum absolute atomic E-state index is 0.318. The van der Waals surface area contributed by atoms with Gasteiger partial charge in [-0.3, -0.25) is 4.79 Å². The highest BCUT2D eigenvalue weighted by Gasteiger charge is 2.11. The summed E-state index contributed by atoms with van der Waals surface area (Å²) in [6, 6.07) is 6.47. The van der Waals surface area contributed by atoms with Crippen LogP contribution in [-0.2, 0) is 11.3 Å². The van der Waals surface area contributed by atoms with Gasteiger partial charge in [0, 0.05) is 12.1 Å². The molecule has 1 aromatic carbocycles. The van der Waals surface area contributed by atoms with E-state index in [1.165, 1.54) is 0 Å². The van der Waals surface area contributed by atoms with Crippen molar-refractivity contribution in [1.82, 2.24) is 25.9 Å². The number of aliphatic hydroxyl groups excluding tert-OH is 1. The molecule has 0 unspecified atom stereocenters. The number of carbonyl (C=O) groups is 1. The lowest BCUT2D eigenvalue weighted by atomic mass is 10.1. The topological polar surface area (TPSA) is 130 Å². The van der Waals surface area contributed by atoms with Crippen molar-refractivity contribution in [2.45, 2.75) is 12.6 Å². The molecule has 0 radical (unpaired) electrons. The van der Waals surface area contributed by atoms with Crippen molar-refractivity contribution in [3.05, 3.63) is 29.8 Å². The highest BCUT2D eigenvalue weighted by Crippen LogP contribution is 2.14. The van der Waals surface area contributed by atoms with Gasteiger partial charge in [0.2, 0.25) is 11.7 Å². The average molecular weight is 262 g/mol. The number of nitrogens with two attached hydrogens (primary N) is 1. The Morgan fingerprint density at radius 3 is 3.05 bits per heavy atom. The van der Waals surface area contributed by atoms with Crippen LogP contribution in [0, 0.1) is 0 Å². The molecule has 8 heteroatoms. The van der Waals surface area contributed by atoms with E-state index in [-0.39, 0.29) is 6.61 Å². The summed E-state index contributed by atoms with van der Waals surface area (Å²) in [7, 11) is 0. The van der Waals surface area contributed by atoms with Crippen LogP contribution in [0.2, 0.25) is 0 Å². The quantitative estimate of drug-likeness (QED) is 0.535. The zero-order chi connectivity index (χ0) is 13.7. The molecule has 100 valence electrons. The fourth-order valence-corrected chi connectivity index (χ4v) is 1.51. The van der Waals surface area contributed by atoms with E-state index in [1.807, 2.05) is 24.3 Å². The number of nitrogens with one attached hydrogen (secondary N) is 2. The standard InChI is InChI=1S/C11H14N6O2/c12-9(6-18)11(19)13-5-7-2-1-3-8(4-7)10-14-16-17-15-10/h1-4,9,18H,5-6,12H2,(H,13,19)(H,14,15,16,17)/t9-/m0/s1. The second-order valence-electron chi connectivity index (χ2n) is 3.94. The zero-order valence-electron chi connectivity index (χ0n) is 10.1. The highest BCUT2D eigenvalue weighted by molar-refractivity contribution is 5.81. The summed E-state index contributed by atoms with van der Waals surface area (Å²) >= 11 is 0. The van der Waals surface area contributed by atoms with E-state index in [0.717, 1.165) is 11.1 Å². The lowest BCUT2D eigenvalue weighted by Crippen LogP contribution is -2.42. The van der Waals surface area contributed by atoms with E-state index < -0.39 is 11.9 Å². The Bertz CT molecular complexity index is 542. The summed E-state index contributed by atoms with van der Waals surface area (Å²) in [5.74, 6) is 0.0905. The Morgan fingerprint density at radius 1 is 1.53 bits per heavy atom. The van der Waals surface area contributed by atoms with Crippen LogP contribution in [0.5, 0.6) is 0 Å². The first-order valence-corrected chi connectivity index (χ1v) is 5.67. The van der Waals surface area contributed by atoms with Crippen molar-refractivity contribution in [3.8, 4) is 11.4 Å². The van der Waals surface area contributed by atoms with E-state index in [1.54, 1.807) is 0 Å². The number of carbonyl (C=O) groups excluding carboxylic acids is 1. The van der Waals surface area contributed by atoms with Crippen molar-refractivity contribution in [2.24, 2.45) is 5.73 Å². The van der Waals surface area contributed by atoms with Crippen molar-refractivity contribution in [3.63, 3.8) is 0 Å². The second-order valence-corrected chi connectivity index (χ2v) is 3.94. The molecule has 2 aromatic rings. The molecule has 1 atom stereocenters. The normalized spacial score (nSPS) is 12.1. The molecule has 0 fully saturated rings. The van der Waals surface area contributed by atoms with Crippen LogP contribution >= 0.6 is 0 Å². The summed E-state index contributed by atoms with van der Waals surface area (Å²) in [6.45, 7) is -0.0625. The molecule has 0 bridgehead atoms. The summed E-state index contributed by atoms with van der Waals surface area (Å²) in [5.41, 5.74) is 7.07. The fraction of sp³-hybridized carbons (Fsp3) is 0.273. The molecule has 1 heterocycles. The van der Waals surface area contributed by atoms with Crippen LogP contribution in [0.1, 0.15) is 5.56 Å². The first-order valence-electron chi connectivity index (χ1n) is 5.67. The van der Waals surface area contributed by atoms with Crippen molar-refractivity contribution < 1.29 is 9.90 Å². The molecule has 8 nitrogen and oxygen atoms in total. The van der Waals surface area contributed by atoms with Gasteiger partial charge in [0.15, 0.2) is 0 Å². The van der Waals surface area contributed by atoms with Gasteiger partial charge in [0.25, 0.3) is 0 Å². The molecule has 0 aliphatic carbocycles. The Balaban J connectivity index is 2.02. The first-order chi connectivity index (χ1) is 9.20. The van der Waals surface area contributed by atoms with Crippen LogP contribution in [0.4, 0.5) is 0 Å². The maximum absolute atomic E-state index is 11.4. The molecule has 19 heavy (non-hydrogen) atoms. The lowest BCUT2D eigenvalue weighted by Gasteiger charge is -2.09. The summed E-state index contributed by atoms with van der Waals surface area (Å²) in [4.78, 5) is 11.4. The third-order valence-electron chi connectivity index (χ3n) is 2.53. The van der Waals surface area contributed by atoms with E-state index in [0.29, 0.717) is 12.4 Å². The number of tetrazole rings is 1. The number of amides is 1. The van der Waals surface area contributed by atoms with Crippen molar-refractivity contribution in [1.29, 1.82) is 0 Å². The predicted octanol–water partition coefficient (Wildman–Crippen LogP) is -1.20. The SMILES string of the molecule is N[C@@H](CO)C(=O)NCc1cccc(-c2nn[nH]n2)c1. The van der Waals surface area contributed by atoms with Gasteiger partial charge in [-0.25, -0.2) is 0 Å². The number of hydrogen-bond acceptors (Lipinski definition) is 6. The predicted molar refractivity (Wildman–Crippen MR) is 66.5 cm³/mol. The number of aliphatic hydroxyl groups is 1. The lowest BCUT2D eigenvalue weighted by molar-refractivity contribution is -0.123. The number of aromatic nitrogens is 4.